The second-order valence-corrected chi connectivity index (χ2v) is 11.3. The molecule has 1 saturated heterocycles. The first-order chi connectivity index (χ1) is 18.4. The van der Waals surface area contributed by atoms with Crippen LogP contribution >= 0.6 is 11.3 Å². The number of aryl methyl sites for hydroxylation is 1. The van der Waals surface area contributed by atoms with E-state index in [9.17, 15) is 0 Å². The number of aromatic nitrogens is 2. The van der Waals surface area contributed by atoms with E-state index in [0.717, 1.165) is 36.4 Å². The fraction of sp³-hybridized carbons (Fsp3) is 0.400. The van der Waals surface area contributed by atoms with Gasteiger partial charge in [0.25, 0.3) is 0 Å². The number of methoxy groups -OCH3 is 2. The number of hydrogen-bond acceptors (Lipinski definition) is 8. The summed E-state index contributed by atoms with van der Waals surface area (Å²) in [6, 6.07) is 17.9. The van der Waals surface area contributed by atoms with E-state index >= 15 is 0 Å². The summed E-state index contributed by atoms with van der Waals surface area (Å²) in [5, 5.41) is 4.54. The summed E-state index contributed by atoms with van der Waals surface area (Å²) in [5.74, 6) is 2.82. The van der Waals surface area contributed by atoms with Gasteiger partial charge < -0.3 is 19.7 Å². The summed E-state index contributed by atoms with van der Waals surface area (Å²) in [6.07, 6.45) is 1.23. The van der Waals surface area contributed by atoms with Crippen LogP contribution in [0.25, 0.3) is 21.3 Å². The lowest BCUT2D eigenvalue weighted by Gasteiger charge is -2.21. The van der Waals surface area contributed by atoms with Crippen molar-refractivity contribution in [2.45, 2.75) is 38.9 Å². The van der Waals surface area contributed by atoms with Gasteiger partial charge in [0.1, 0.15) is 11.6 Å². The number of anilines is 1. The van der Waals surface area contributed by atoms with E-state index in [4.69, 9.17) is 14.5 Å². The van der Waals surface area contributed by atoms with Crippen LogP contribution < -0.4 is 14.8 Å². The van der Waals surface area contributed by atoms with Gasteiger partial charge in [-0.2, -0.15) is 0 Å². The molecular formula is C30H37N5O2S. The molecule has 2 atom stereocenters. The minimum absolute atomic E-state index is 0.0749. The van der Waals surface area contributed by atoms with Gasteiger partial charge in [-0.3, -0.25) is 4.90 Å². The molecule has 5 rings (SSSR count). The van der Waals surface area contributed by atoms with Crippen molar-refractivity contribution in [3.05, 3.63) is 64.8 Å². The van der Waals surface area contributed by atoms with E-state index in [-0.39, 0.29) is 6.04 Å². The van der Waals surface area contributed by atoms with Crippen molar-refractivity contribution in [3.8, 4) is 21.9 Å². The third-order valence-corrected chi connectivity index (χ3v) is 8.68. The minimum Gasteiger partial charge on any atom is -0.493 e. The number of ether oxygens (including phenoxy) is 2. The maximum atomic E-state index is 5.54. The van der Waals surface area contributed by atoms with Crippen molar-refractivity contribution in [1.29, 1.82) is 0 Å². The molecular weight excluding hydrogens is 494 g/mol. The van der Waals surface area contributed by atoms with Crippen LogP contribution in [-0.4, -0.2) is 67.2 Å². The van der Waals surface area contributed by atoms with Gasteiger partial charge in [0, 0.05) is 46.9 Å². The predicted molar refractivity (Wildman–Crippen MR) is 157 cm³/mol. The molecule has 0 radical (unpaired) electrons. The monoisotopic (exact) mass is 531 g/mol. The Morgan fingerprint density at radius 3 is 2.58 bits per heavy atom. The molecule has 0 bridgehead atoms. The lowest BCUT2D eigenvalue weighted by atomic mass is 10.1. The Balaban J connectivity index is 1.38. The molecule has 1 N–H and O–H groups in total. The molecule has 4 aromatic rings. The molecule has 200 valence electrons. The minimum atomic E-state index is 0.0749. The van der Waals surface area contributed by atoms with Crippen molar-refractivity contribution in [2.24, 2.45) is 0 Å². The first-order valence-corrected chi connectivity index (χ1v) is 13.9. The summed E-state index contributed by atoms with van der Waals surface area (Å²) in [4.78, 5) is 16.8. The van der Waals surface area contributed by atoms with Crippen molar-refractivity contribution in [3.63, 3.8) is 0 Å². The van der Waals surface area contributed by atoms with Gasteiger partial charge in [-0.25, -0.2) is 9.97 Å². The summed E-state index contributed by atoms with van der Waals surface area (Å²) in [6.45, 7) is 7.35. The van der Waals surface area contributed by atoms with Crippen LogP contribution in [0.3, 0.4) is 0 Å². The highest BCUT2D eigenvalue weighted by atomic mass is 32.1. The average Bonchev–Trinajstić information content (AvgIpc) is 3.59. The molecule has 0 spiro atoms. The molecule has 0 saturated carbocycles. The Labute approximate surface area is 229 Å². The first-order valence-electron chi connectivity index (χ1n) is 13.1. The molecule has 8 heteroatoms. The van der Waals surface area contributed by atoms with Crippen LogP contribution in [0.2, 0.25) is 0 Å². The molecule has 0 aliphatic carbocycles. The number of hydrogen-bond donors (Lipinski definition) is 1. The van der Waals surface area contributed by atoms with E-state index in [2.05, 4.69) is 77.5 Å². The Hall–Kier alpha value is -3.20. The van der Waals surface area contributed by atoms with Gasteiger partial charge >= 0.3 is 0 Å². The molecule has 7 nitrogen and oxygen atoms in total. The third kappa shape index (κ3) is 5.48. The summed E-state index contributed by atoms with van der Waals surface area (Å²) >= 11 is 1.84. The lowest BCUT2D eigenvalue weighted by Crippen LogP contribution is -2.31. The quantitative estimate of drug-likeness (QED) is 0.284. The van der Waals surface area contributed by atoms with Crippen molar-refractivity contribution in [2.75, 3.05) is 46.7 Å². The number of rotatable bonds is 9. The number of likely N-dealkylation sites (N-methyl/N-ethyl adjacent to an activating group) is 1. The number of benzene rings is 2. The molecule has 2 aromatic carbocycles. The highest BCUT2D eigenvalue weighted by molar-refractivity contribution is 7.15. The maximum absolute atomic E-state index is 5.54. The SMILES string of the molecule is COc1cc2nc(C)nc(NC(C)c3ccc(-c4ccccc4CN4CCC(N(C)C)C4)s3)c2cc1OC. The lowest BCUT2D eigenvalue weighted by molar-refractivity contribution is 0.265. The van der Waals surface area contributed by atoms with Gasteiger partial charge in [0.2, 0.25) is 0 Å². The van der Waals surface area contributed by atoms with Gasteiger partial charge in [-0.15, -0.1) is 11.3 Å². The van der Waals surface area contributed by atoms with Gasteiger partial charge in [0.05, 0.1) is 25.8 Å². The Morgan fingerprint density at radius 1 is 1.08 bits per heavy atom. The maximum Gasteiger partial charge on any atom is 0.162 e. The van der Waals surface area contributed by atoms with E-state index in [1.165, 1.54) is 27.3 Å². The van der Waals surface area contributed by atoms with Crippen LogP contribution in [0.15, 0.2) is 48.5 Å². The third-order valence-electron chi connectivity index (χ3n) is 7.37. The number of fused-ring (bicyclic) bond motifs is 1. The Morgan fingerprint density at radius 2 is 1.84 bits per heavy atom. The number of likely N-dealkylation sites (tertiary alicyclic amines) is 1. The number of nitrogens with one attached hydrogen (secondary N) is 1. The Kier molecular flexibility index (Phi) is 7.83. The van der Waals surface area contributed by atoms with Gasteiger partial charge in [-0.1, -0.05) is 24.3 Å². The summed E-state index contributed by atoms with van der Waals surface area (Å²) < 4.78 is 11.0. The molecule has 1 aliphatic heterocycles. The second kappa shape index (κ2) is 11.3. The molecule has 1 fully saturated rings. The standard InChI is InChI=1S/C30H37N5O2S/c1-19(31-30-24-15-26(36-5)27(37-6)16-25(24)32-20(2)33-30)28-11-12-29(38-28)23-10-8-7-9-21(23)17-35-14-13-22(18-35)34(3)4/h7-12,15-16,19,22H,13-14,17-18H2,1-6H3,(H,31,32,33). The van der Waals surface area contributed by atoms with E-state index in [1.54, 1.807) is 14.2 Å². The summed E-state index contributed by atoms with van der Waals surface area (Å²) in [7, 11) is 7.65. The van der Waals surface area contributed by atoms with Crippen molar-refractivity contribution in [1.82, 2.24) is 19.8 Å². The predicted octanol–water partition coefficient (Wildman–Crippen LogP) is 5.99. The van der Waals surface area contributed by atoms with Crippen molar-refractivity contribution < 1.29 is 9.47 Å². The fourth-order valence-corrected chi connectivity index (χ4v) is 6.28. The zero-order chi connectivity index (χ0) is 26.8. The smallest absolute Gasteiger partial charge is 0.162 e. The zero-order valence-electron chi connectivity index (χ0n) is 23.1. The normalized spacial score (nSPS) is 16.8. The van der Waals surface area contributed by atoms with Crippen LogP contribution in [0.4, 0.5) is 5.82 Å². The molecule has 2 unspecified atom stereocenters. The fourth-order valence-electron chi connectivity index (χ4n) is 5.21. The first kappa shape index (κ1) is 26.4. The molecule has 38 heavy (non-hydrogen) atoms. The number of nitrogens with zero attached hydrogens (tertiary/aromatic N) is 4. The van der Waals surface area contributed by atoms with Crippen molar-refractivity contribution >= 4 is 28.1 Å². The van der Waals surface area contributed by atoms with Gasteiger partial charge in [0.15, 0.2) is 11.5 Å². The molecule has 0 amide bonds. The van der Waals surface area contributed by atoms with E-state index in [1.807, 2.05) is 30.4 Å². The molecule has 2 aromatic heterocycles. The van der Waals surface area contributed by atoms with Gasteiger partial charge in [-0.05, 0) is 63.7 Å². The Bertz CT molecular complexity index is 1420. The van der Waals surface area contributed by atoms with Crippen LogP contribution in [0.1, 0.15) is 35.7 Å². The van der Waals surface area contributed by atoms with Crippen LogP contribution in [-0.2, 0) is 6.54 Å². The van der Waals surface area contributed by atoms with E-state index < -0.39 is 0 Å². The van der Waals surface area contributed by atoms with E-state index in [0.29, 0.717) is 23.4 Å². The van der Waals surface area contributed by atoms with Crippen LogP contribution in [0.5, 0.6) is 11.5 Å². The topological polar surface area (TPSA) is 62.8 Å². The second-order valence-electron chi connectivity index (χ2n) is 10.2. The molecule has 3 heterocycles. The average molecular weight is 532 g/mol. The van der Waals surface area contributed by atoms with Crippen LogP contribution in [0, 0.1) is 6.92 Å². The largest absolute Gasteiger partial charge is 0.493 e. The summed E-state index contributed by atoms with van der Waals surface area (Å²) in [5.41, 5.74) is 3.54. The zero-order valence-corrected chi connectivity index (χ0v) is 23.9. The number of thiophene rings is 1. The molecule has 1 aliphatic rings. The highest BCUT2D eigenvalue weighted by Crippen LogP contribution is 2.38. The highest BCUT2D eigenvalue weighted by Gasteiger charge is 2.24.